The molecule has 0 aliphatic carbocycles. The molecule has 3 heteroatoms. The largest absolute Gasteiger partial charge is 0.458 e. The van der Waals surface area contributed by atoms with E-state index in [2.05, 4.69) is 0 Å². The molecule has 1 N–H and O–H groups in total. The first kappa shape index (κ1) is 13.2. The molecule has 1 aromatic heterocycles. The predicted octanol–water partition coefficient (Wildman–Crippen LogP) is 4.65. The third-order valence-corrected chi connectivity index (χ3v) is 3.81. The van der Waals surface area contributed by atoms with Gasteiger partial charge in [-0.2, -0.15) is 0 Å². The van der Waals surface area contributed by atoms with Crippen molar-refractivity contribution in [2.45, 2.75) is 19.4 Å². The van der Waals surface area contributed by atoms with Crippen molar-refractivity contribution in [3.8, 4) is 0 Å². The van der Waals surface area contributed by atoms with Gasteiger partial charge in [-0.1, -0.05) is 35.4 Å². The van der Waals surface area contributed by atoms with Crippen LogP contribution < -0.4 is 0 Å². The first-order chi connectivity index (χ1) is 9.46. The van der Waals surface area contributed by atoms with E-state index in [4.69, 9.17) is 16.0 Å². The SMILES string of the molecule is Cc1ccc2oc(C(C)(O)c3ccc(Cl)cc3)cc2c1. The summed E-state index contributed by atoms with van der Waals surface area (Å²) >= 11 is 5.88. The lowest BCUT2D eigenvalue weighted by Crippen LogP contribution is -2.21. The van der Waals surface area contributed by atoms with Gasteiger partial charge in [-0.05, 0) is 49.7 Å². The second-order valence-electron chi connectivity index (χ2n) is 5.23. The standard InChI is InChI=1S/C17H15ClO2/c1-11-3-8-15-12(9-11)10-16(20-15)17(2,19)13-4-6-14(18)7-5-13/h3-10,19H,1-2H3. The summed E-state index contributed by atoms with van der Waals surface area (Å²) in [5, 5.41) is 12.4. The Kier molecular flexibility index (Phi) is 3.08. The number of furan rings is 1. The highest BCUT2D eigenvalue weighted by molar-refractivity contribution is 6.30. The highest BCUT2D eigenvalue weighted by atomic mass is 35.5. The van der Waals surface area contributed by atoms with Gasteiger partial charge in [-0.15, -0.1) is 0 Å². The quantitative estimate of drug-likeness (QED) is 0.744. The van der Waals surface area contributed by atoms with E-state index in [-0.39, 0.29) is 0 Å². The molecule has 2 nitrogen and oxygen atoms in total. The van der Waals surface area contributed by atoms with Gasteiger partial charge in [0.2, 0.25) is 0 Å². The maximum absolute atomic E-state index is 10.8. The van der Waals surface area contributed by atoms with Gasteiger partial charge in [-0.3, -0.25) is 0 Å². The van der Waals surface area contributed by atoms with E-state index < -0.39 is 5.60 Å². The summed E-state index contributed by atoms with van der Waals surface area (Å²) in [7, 11) is 0. The molecule has 1 atom stereocenters. The predicted molar refractivity (Wildman–Crippen MR) is 81.1 cm³/mol. The van der Waals surface area contributed by atoms with Crippen molar-refractivity contribution < 1.29 is 9.52 Å². The molecule has 3 rings (SSSR count). The van der Waals surface area contributed by atoms with Crippen molar-refractivity contribution in [3.63, 3.8) is 0 Å². The molecule has 1 unspecified atom stereocenters. The molecule has 0 bridgehead atoms. The van der Waals surface area contributed by atoms with Gasteiger partial charge in [0.25, 0.3) is 0 Å². The summed E-state index contributed by atoms with van der Waals surface area (Å²) in [6, 6.07) is 15.0. The van der Waals surface area contributed by atoms with Gasteiger partial charge < -0.3 is 9.52 Å². The first-order valence-corrected chi connectivity index (χ1v) is 6.84. The van der Waals surface area contributed by atoms with Gasteiger partial charge in [0, 0.05) is 10.4 Å². The van der Waals surface area contributed by atoms with Crippen molar-refractivity contribution in [3.05, 3.63) is 70.4 Å². The lowest BCUT2D eigenvalue weighted by molar-refractivity contribution is 0.0786. The van der Waals surface area contributed by atoms with Crippen LogP contribution in [0.4, 0.5) is 0 Å². The Morgan fingerprint density at radius 1 is 1.05 bits per heavy atom. The number of benzene rings is 2. The van der Waals surface area contributed by atoms with Gasteiger partial charge in [0.15, 0.2) is 0 Å². The lowest BCUT2D eigenvalue weighted by Gasteiger charge is -2.21. The average molecular weight is 287 g/mol. The van der Waals surface area contributed by atoms with E-state index in [0.717, 1.165) is 22.1 Å². The summed E-state index contributed by atoms with van der Waals surface area (Å²) in [4.78, 5) is 0. The Hall–Kier alpha value is -1.77. The number of hydrogen-bond acceptors (Lipinski definition) is 2. The van der Waals surface area contributed by atoms with Crippen LogP contribution in [0.1, 0.15) is 23.8 Å². The van der Waals surface area contributed by atoms with Crippen LogP contribution in [0.25, 0.3) is 11.0 Å². The molecule has 0 aliphatic heterocycles. The number of hydrogen-bond donors (Lipinski definition) is 1. The fourth-order valence-corrected chi connectivity index (χ4v) is 2.45. The van der Waals surface area contributed by atoms with Gasteiger partial charge >= 0.3 is 0 Å². The van der Waals surface area contributed by atoms with Crippen LogP contribution in [0.2, 0.25) is 5.02 Å². The molecule has 3 aromatic rings. The van der Waals surface area contributed by atoms with Gasteiger partial charge in [-0.25, -0.2) is 0 Å². The second kappa shape index (κ2) is 4.65. The Bertz CT molecular complexity index is 754. The van der Waals surface area contributed by atoms with Crippen LogP contribution in [0.5, 0.6) is 0 Å². The Morgan fingerprint density at radius 3 is 2.45 bits per heavy atom. The molecule has 0 aliphatic rings. The molecular weight excluding hydrogens is 272 g/mol. The van der Waals surface area contributed by atoms with Crippen LogP contribution in [0, 0.1) is 6.92 Å². The molecule has 2 aromatic carbocycles. The smallest absolute Gasteiger partial charge is 0.144 e. The molecule has 0 saturated carbocycles. The van der Waals surface area contributed by atoms with E-state index in [1.165, 1.54) is 0 Å². The van der Waals surface area contributed by atoms with Crippen molar-refractivity contribution in [1.82, 2.24) is 0 Å². The highest BCUT2D eigenvalue weighted by Gasteiger charge is 2.29. The topological polar surface area (TPSA) is 33.4 Å². The summed E-state index contributed by atoms with van der Waals surface area (Å²) in [5.74, 6) is 0.528. The number of aliphatic hydroxyl groups is 1. The number of aryl methyl sites for hydroxylation is 1. The Morgan fingerprint density at radius 2 is 1.75 bits per heavy atom. The lowest BCUT2D eigenvalue weighted by atomic mass is 9.93. The summed E-state index contributed by atoms with van der Waals surface area (Å²) in [6.07, 6.45) is 0. The molecular formula is C17H15ClO2. The molecule has 0 spiro atoms. The molecule has 0 saturated heterocycles. The van der Waals surface area contributed by atoms with Crippen LogP contribution in [-0.4, -0.2) is 5.11 Å². The van der Waals surface area contributed by atoms with E-state index in [1.54, 1.807) is 31.2 Å². The van der Waals surface area contributed by atoms with Gasteiger partial charge in [0.1, 0.15) is 16.9 Å². The molecule has 0 radical (unpaired) electrons. The maximum Gasteiger partial charge on any atom is 0.144 e. The fourth-order valence-electron chi connectivity index (χ4n) is 2.32. The minimum absolute atomic E-state index is 0.528. The third kappa shape index (κ3) is 2.21. The molecule has 0 amide bonds. The van der Waals surface area contributed by atoms with Crippen LogP contribution in [0.3, 0.4) is 0 Å². The van der Waals surface area contributed by atoms with E-state index >= 15 is 0 Å². The first-order valence-electron chi connectivity index (χ1n) is 6.46. The monoisotopic (exact) mass is 286 g/mol. The van der Waals surface area contributed by atoms with Crippen molar-refractivity contribution in [2.24, 2.45) is 0 Å². The second-order valence-corrected chi connectivity index (χ2v) is 5.67. The van der Waals surface area contributed by atoms with Crippen molar-refractivity contribution in [1.29, 1.82) is 0 Å². The zero-order chi connectivity index (χ0) is 14.3. The normalized spacial score (nSPS) is 14.4. The summed E-state index contributed by atoms with van der Waals surface area (Å²) in [5.41, 5.74) is 1.51. The fraction of sp³-hybridized carbons (Fsp3) is 0.176. The zero-order valence-corrected chi connectivity index (χ0v) is 12.1. The highest BCUT2D eigenvalue weighted by Crippen LogP contribution is 2.34. The van der Waals surface area contributed by atoms with E-state index in [0.29, 0.717) is 10.8 Å². The van der Waals surface area contributed by atoms with Crippen molar-refractivity contribution in [2.75, 3.05) is 0 Å². The Labute approximate surface area is 122 Å². The molecule has 0 fully saturated rings. The minimum Gasteiger partial charge on any atom is -0.458 e. The van der Waals surface area contributed by atoms with Crippen LogP contribution in [0.15, 0.2) is 52.9 Å². The molecule has 102 valence electrons. The number of fused-ring (bicyclic) bond motifs is 1. The average Bonchev–Trinajstić information content (AvgIpc) is 2.83. The summed E-state index contributed by atoms with van der Waals surface area (Å²) < 4.78 is 5.79. The third-order valence-electron chi connectivity index (χ3n) is 3.56. The minimum atomic E-state index is -1.18. The van der Waals surface area contributed by atoms with Crippen LogP contribution >= 0.6 is 11.6 Å². The number of rotatable bonds is 2. The summed E-state index contributed by atoms with van der Waals surface area (Å²) in [6.45, 7) is 3.75. The van der Waals surface area contributed by atoms with E-state index in [9.17, 15) is 5.11 Å². The maximum atomic E-state index is 10.8. The number of halogens is 1. The zero-order valence-electron chi connectivity index (χ0n) is 11.4. The molecule has 1 heterocycles. The van der Waals surface area contributed by atoms with Crippen molar-refractivity contribution >= 4 is 22.6 Å². The van der Waals surface area contributed by atoms with Crippen LogP contribution in [-0.2, 0) is 5.60 Å². The Balaban J connectivity index is 2.10. The van der Waals surface area contributed by atoms with E-state index in [1.807, 2.05) is 31.2 Å². The molecule has 20 heavy (non-hydrogen) atoms. The van der Waals surface area contributed by atoms with Gasteiger partial charge in [0.05, 0.1) is 0 Å².